The summed E-state index contributed by atoms with van der Waals surface area (Å²) in [4.78, 5) is 8.67. The molecule has 2 heterocycles. The predicted octanol–water partition coefficient (Wildman–Crippen LogP) is 4.02. The molecule has 0 aliphatic carbocycles. The average molecular weight is 349 g/mol. The Morgan fingerprint density at radius 1 is 1.08 bits per heavy atom. The lowest BCUT2D eigenvalue weighted by molar-refractivity contribution is 0.475. The van der Waals surface area contributed by atoms with Crippen molar-refractivity contribution in [2.24, 2.45) is 0 Å². The SMILES string of the molecule is Cc1cc(O)ccc1Nc1ncnc2c1c(C)nn2-c1cccc(F)c1. The lowest BCUT2D eigenvalue weighted by atomic mass is 10.2. The number of phenols is 1. The molecule has 2 N–H and O–H groups in total. The van der Waals surface area contributed by atoms with E-state index in [1.807, 2.05) is 13.8 Å². The van der Waals surface area contributed by atoms with E-state index in [0.29, 0.717) is 17.2 Å². The number of nitrogens with one attached hydrogen (secondary N) is 1. The van der Waals surface area contributed by atoms with Crippen LogP contribution in [0.1, 0.15) is 11.3 Å². The monoisotopic (exact) mass is 349 g/mol. The summed E-state index contributed by atoms with van der Waals surface area (Å²) in [6.45, 7) is 3.75. The van der Waals surface area contributed by atoms with E-state index in [-0.39, 0.29) is 11.6 Å². The lowest BCUT2D eigenvalue weighted by Gasteiger charge is -2.10. The van der Waals surface area contributed by atoms with E-state index in [9.17, 15) is 9.50 Å². The summed E-state index contributed by atoms with van der Waals surface area (Å²) in [7, 11) is 0. The minimum atomic E-state index is -0.337. The molecule has 130 valence electrons. The summed E-state index contributed by atoms with van der Waals surface area (Å²) in [5.41, 5.74) is 3.60. The minimum Gasteiger partial charge on any atom is -0.508 e. The third kappa shape index (κ3) is 2.73. The van der Waals surface area contributed by atoms with Gasteiger partial charge in [0.2, 0.25) is 0 Å². The molecule has 0 aliphatic rings. The van der Waals surface area contributed by atoms with Gasteiger partial charge in [-0.3, -0.25) is 0 Å². The number of halogens is 1. The van der Waals surface area contributed by atoms with Crippen LogP contribution in [0.5, 0.6) is 5.75 Å². The predicted molar refractivity (Wildman–Crippen MR) is 97.5 cm³/mol. The fraction of sp³-hybridized carbons (Fsp3) is 0.105. The first-order chi connectivity index (χ1) is 12.5. The summed E-state index contributed by atoms with van der Waals surface area (Å²) in [6, 6.07) is 11.3. The van der Waals surface area contributed by atoms with Gasteiger partial charge in [-0.15, -0.1) is 0 Å². The van der Waals surface area contributed by atoms with Crippen LogP contribution in [0.2, 0.25) is 0 Å². The zero-order valence-electron chi connectivity index (χ0n) is 14.2. The normalized spacial score (nSPS) is 11.0. The fourth-order valence-electron chi connectivity index (χ4n) is 2.92. The van der Waals surface area contributed by atoms with E-state index in [0.717, 1.165) is 22.3 Å². The molecule has 0 bridgehead atoms. The Labute approximate surface area is 149 Å². The van der Waals surface area contributed by atoms with Crippen LogP contribution in [0, 0.1) is 19.7 Å². The Hall–Kier alpha value is -3.48. The minimum absolute atomic E-state index is 0.205. The number of benzene rings is 2. The Balaban J connectivity index is 1.85. The van der Waals surface area contributed by atoms with E-state index >= 15 is 0 Å². The highest BCUT2D eigenvalue weighted by Crippen LogP contribution is 2.29. The molecule has 0 atom stereocenters. The van der Waals surface area contributed by atoms with Crippen LogP contribution in [0.15, 0.2) is 48.8 Å². The first-order valence-electron chi connectivity index (χ1n) is 8.06. The van der Waals surface area contributed by atoms with Gasteiger partial charge in [0, 0.05) is 5.69 Å². The first kappa shape index (κ1) is 16.0. The highest BCUT2D eigenvalue weighted by molar-refractivity contribution is 5.92. The number of phenolic OH excluding ortho intramolecular Hbond substituents is 1. The molecular formula is C19H16FN5O. The van der Waals surface area contributed by atoms with Gasteiger partial charge in [-0.05, 0) is 55.8 Å². The first-order valence-corrected chi connectivity index (χ1v) is 8.06. The fourth-order valence-corrected chi connectivity index (χ4v) is 2.92. The van der Waals surface area contributed by atoms with Crippen molar-refractivity contribution in [2.45, 2.75) is 13.8 Å². The molecule has 6 nitrogen and oxygen atoms in total. The maximum atomic E-state index is 13.6. The second-order valence-electron chi connectivity index (χ2n) is 6.02. The van der Waals surface area contributed by atoms with Crippen LogP contribution in [0.3, 0.4) is 0 Å². The molecule has 2 aromatic carbocycles. The van der Waals surface area contributed by atoms with E-state index in [1.54, 1.807) is 35.0 Å². The molecule has 0 radical (unpaired) electrons. The zero-order valence-corrected chi connectivity index (χ0v) is 14.2. The highest BCUT2D eigenvalue weighted by atomic mass is 19.1. The van der Waals surface area contributed by atoms with Crippen LogP contribution in [-0.2, 0) is 0 Å². The Kier molecular flexibility index (Phi) is 3.76. The van der Waals surface area contributed by atoms with Gasteiger partial charge in [0.1, 0.15) is 23.7 Å². The topological polar surface area (TPSA) is 75.9 Å². The summed E-state index contributed by atoms with van der Waals surface area (Å²) in [5.74, 6) is 0.468. The third-order valence-corrected chi connectivity index (χ3v) is 4.16. The van der Waals surface area contributed by atoms with Crippen molar-refractivity contribution in [3.63, 3.8) is 0 Å². The molecule has 0 unspecified atom stereocenters. The third-order valence-electron chi connectivity index (χ3n) is 4.16. The van der Waals surface area contributed by atoms with Crippen molar-refractivity contribution in [2.75, 3.05) is 5.32 Å². The standard InChI is InChI=1S/C19H16FN5O/c1-11-8-15(26)6-7-16(11)23-18-17-12(2)24-25(19(17)22-10-21-18)14-5-3-4-13(20)9-14/h3-10,26H,1-2H3,(H,21,22,23). The highest BCUT2D eigenvalue weighted by Gasteiger charge is 2.16. The zero-order chi connectivity index (χ0) is 18.3. The molecule has 0 saturated heterocycles. The van der Waals surface area contributed by atoms with Crippen molar-refractivity contribution in [3.05, 3.63) is 65.9 Å². The second kappa shape index (κ2) is 6.11. The molecule has 0 spiro atoms. The van der Waals surface area contributed by atoms with E-state index in [2.05, 4.69) is 20.4 Å². The molecule has 0 fully saturated rings. The van der Waals surface area contributed by atoms with Gasteiger partial charge in [0.15, 0.2) is 5.65 Å². The number of fused-ring (bicyclic) bond motifs is 1. The van der Waals surface area contributed by atoms with Crippen molar-refractivity contribution >= 4 is 22.5 Å². The molecule has 4 aromatic rings. The Morgan fingerprint density at radius 2 is 1.92 bits per heavy atom. The van der Waals surface area contributed by atoms with Gasteiger partial charge >= 0.3 is 0 Å². The van der Waals surface area contributed by atoms with E-state index in [4.69, 9.17) is 0 Å². The Bertz CT molecular complexity index is 1120. The molecule has 7 heteroatoms. The van der Waals surface area contributed by atoms with Gasteiger partial charge in [0.25, 0.3) is 0 Å². The summed E-state index contributed by atoms with van der Waals surface area (Å²) >= 11 is 0. The van der Waals surface area contributed by atoms with Gasteiger partial charge < -0.3 is 10.4 Å². The van der Waals surface area contributed by atoms with Crippen molar-refractivity contribution in [1.29, 1.82) is 0 Å². The molecule has 4 rings (SSSR count). The van der Waals surface area contributed by atoms with Crippen molar-refractivity contribution in [1.82, 2.24) is 19.7 Å². The van der Waals surface area contributed by atoms with Crippen molar-refractivity contribution in [3.8, 4) is 11.4 Å². The Morgan fingerprint density at radius 3 is 2.69 bits per heavy atom. The number of rotatable bonds is 3. The number of hydrogen-bond donors (Lipinski definition) is 2. The smallest absolute Gasteiger partial charge is 0.168 e. The summed E-state index contributed by atoms with van der Waals surface area (Å²) in [5, 5.41) is 18.1. The van der Waals surface area contributed by atoms with Gasteiger partial charge in [-0.25, -0.2) is 19.0 Å². The molecule has 26 heavy (non-hydrogen) atoms. The molecule has 0 saturated carbocycles. The average Bonchev–Trinajstić information content (AvgIpc) is 2.95. The number of hydrogen-bond acceptors (Lipinski definition) is 5. The molecule has 0 aliphatic heterocycles. The summed E-state index contributed by atoms with van der Waals surface area (Å²) < 4.78 is 15.2. The van der Waals surface area contributed by atoms with Gasteiger partial charge in [0.05, 0.1) is 16.8 Å². The molecular weight excluding hydrogens is 333 g/mol. The van der Waals surface area contributed by atoms with Crippen LogP contribution >= 0.6 is 0 Å². The number of aromatic nitrogens is 4. The molecule has 2 aromatic heterocycles. The molecule has 0 amide bonds. The lowest BCUT2D eigenvalue weighted by Crippen LogP contribution is -2.00. The quantitative estimate of drug-likeness (QED) is 0.546. The number of aryl methyl sites for hydroxylation is 2. The number of nitrogens with zero attached hydrogens (tertiary/aromatic N) is 4. The largest absolute Gasteiger partial charge is 0.508 e. The maximum Gasteiger partial charge on any atom is 0.168 e. The van der Waals surface area contributed by atoms with Crippen LogP contribution in [-0.4, -0.2) is 24.9 Å². The maximum absolute atomic E-state index is 13.6. The number of aromatic hydroxyl groups is 1. The number of anilines is 2. The van der Waals surface area contributed by atoms with Crippen molar-refractivity contribution < 1.29 is 9.50 Å². The van der Waals surface area contributed by atoms with Crippen LogP contribution in [0.25, 0.3) is 16.7 Å². The summed E-state index contributed by atoms with van der Waals surface area (Å²) in [6.07, 6.45) is 1.44. The van der Waals surface area contributed by atoms with E-state index in [1.165, 1.54) is 18.5 Å². The van der Waals surface area contributed by atoms with Gasteiger partial charge in [-0.1, -0.05) is 6.07 Å². The van der Waals surface area contributed by atoms with E-state index < -0.39 is 0 Å². The van der Waals surface area contributed by atoms with Gasteiger partial charge in [-0.2, -0.15) is 5.10 Å². The van der Waals surface area contributed by atoms with Crippen LogP contribution < -0.4 is 5.32 Å². The second-order valence-corrected chi connectivity index (χ2v) is 6.02. The van der Waals surface area contributed by atoms with Crippen LogP contribution in [0.4, 0.5) is 15.9 Å².